The lowest BCUT2D eigenvalue weighted by atomic mass is 9.98. The normalized spacial score (nSPS) is 19.6. The first-order valence-corrected chi connectivity index (χ1v) is 7.28. The van der Waals surface area contributed by atoms with E-state index in [1.807, 2.05) is 6.07 Å². The molecule has 4 nitrogen and oxygen atoms in total. The molecule has 1 saturated heterocycles. The number of nitrogens with one attached hydrogen (secondary N) is 1. The van der Waals surface area contributed by atoms with Crippen molar-refractivity contribution in [1.82, 2.24) is 4.90 Å². The van der Waals surface area contributed by atoms with Crippen LogP contribution in [0.1, 0.15) is 23.2 Å². The van der Waals surface area contributed by atoms with E-state index >= 15 is 0 Å². The van der Waals surface area contributed by atoms with Gasteiger partial charge in [0.1, 0.15) is 0 Å². The molecule has 1 unspecified atom stereocenters. The number of likely N-dealkylation sites (tertiary alicyclic amines) is 1. The van der Waals surface area contributed by atoms with Gasteiger partial charge in [0.25, 0.3) is 0 Å². The number of carbonyl (C=O) groups excluding carboxylic acids is 1. The van der Waals surface area contributed by atoms with Crippen molar-refractivity contribution < 1.29 is 9.53 Å². The Balaban J connectivity index is 1.97. The van der Waals surface area contributed by atoms with Gasteiger partial charge in [-0.1, -0.05) is 11.6 Å². The van der Waals surface area contributed by atoms with Crippen LogP contribution in [0.15, 0.2) is 18.2 Å². The summed E-state index contributed by atoms with van der Waals surface area (Å²) in [7, 11) is 3.51. The van der Waals surface area contributed by atoms with Crippen LogP contribution in [0.4, 0.5) is 5.69 Å². The van der Waals surface area contributed by atoms with Gasteiger partial charge in [0.05, 0.1) is 17.7 Å². The quantitative estimate of drug-likeness (QED) is 0.868. The van der Waals surface area contributed by atoms with Crippen molar-refractivity contribution in [2.24, 2.45) is 5.92 Å². The maximum absolute atomic E-state index is 11.6. The molecule has 1 aromatic carbocycles. The lowest BCUT2D eigenvalue weighted by Crippen LogP contribution is -2.35. The summed E-state index contributed by atoms with van der Waals surface area (Å²) in [4.78, 5) is 14.0. The smallest absolute Gasteiger partial charge is 0.339 e. The number of rotatable bonds is 4. The summed E-state index contributed by atoms with van der Waals surface area (Å²) in [5.74, 6) is 0.238. The fraction of sp³-hybridized carbons (Fsp3) is 0.533. The van der Waals surface area contributed by atoms with Gasteiger partial charge < -0.3 is 15.0 Å². The third-order valence-electron chi connectivity index (χ3n) is 3.69. The Bertz CT molecular complexity index is 479. The minimum absolute atomic E-state index is 0.403. The van der Waals surface area contributed by atoms with Gasteiger partial charge in [-0.15, -0.1) is 0 Å². The molecule has 1 heterocycles. The third-order valence-corrected chi connectivity index (χ3v) is 4.02. The molecule has 1 aliphatic heterocycles. The van der Waals surface area contributed by atoms with Gasteiger partial charge in [0, 0.05) is 18.8 Å². The average molecular weight is 297 g/mol. The minimum Gasteiger partial charge on any atom is -0.465 e. The number of piperidine rings is 1. The molecule has 5 heteroatoms. The Morgan fingerprint density at radius 1 is 1.55 bits per heavy atom. The van der Waals surface area contributed by atoms with Crippen LogP contribution in [-0.4, -0.2) is 44.7 Å². The van der Waals surface area contributed by atoms with Gasteiger partial charge in [-0.25, -0.2) is 4.79 Å². The topological polar surface area (TPSA) is 41.6 Å². The van der Waals surface area contributed by atoms with Crippen LogP contribution in [0.25, 0.3) is 0 Å². The van der Waals surface area contributed by atoms with E-state index in [1.54, 1.807) is 12.1 Å². The van der Waals surface area contributed by atoms with Crippen molar-refractivity contribution in [3.8, 4) is 0 Å². The maximum atomic E-state index is 11.6. The molecule has 0 radical (unpaired) electrons. The zero-order valence-corrected chi connectivity index (χ0v) is 12.7. The summed E-state index contributed by atoms with van der Waals surface area (Å²) in [5, 5.41) is 3.80. The second kappa shape index (κ2) is 6.95. The highest BCUT2D eigenvalue weighted by Gasteiger charge is 2.17. The van der Waals surface area contributed by atoms with Crippen molar-refractivity contribution >= 4 is 23.3 Å². The number of esters is 1. The molecular weight excluding hydrogens is 276 g/mol. The van der Waals surface area contributed by atoms with Gasteiger partial charge in [-0.05, 0) is 50.6 Å². The lowest BCUT2D eigenvalue weighted by molar-refractivity contribution is 0.0601. The predicted octanol–water partition coefficient (Wildman–Crippen LogP) is 2.88. The third kappa shape index (κ3) is 3.87. The highest BCUT2D eigenvalue weighted by atomic mass is 35.5. The summed E-state index contributed by atoms with van der Waals surface area (Å²) in [6.07, 6.45) is 2.49. The summed E-state index contributed by atoms with van der Waals surface area (Å²) in [5.41, 5.74) is 1.31. The van der Waals surface area contributed by atoms with Crippen molar-refractivity contribution in [2.75, 3.05) is 39.1 Å². The Hall–Kier alpha value is -1.26. The second-order valence-corrected chi connectivity index (χ2v) is 5.74. The molecular formula is C15H21ClN2O2. The fourth-order valence-corrected chi connectivity index (χ4v) is 2.80. The Labute approximate surface area is 125 Å². The standard InChI is InChI=1S/C15H21ClN2O2/c1-18-7-3-4-11(10-18)9-17-12-5-6-14(16)13(8-12)15(19)20-2/h5-6,8,11,17H,3-4,7,9-10H2,1-2H3. The van der Waals surface area contributed by atoms with Crippen LogP contribution in [0.3, 0.4) is 0 Å². The van der Waals surface area contributed by atoms with Crippen LogP contribution in [-0.2, 0) is 4.74 Å². The molecule has 0 aromatic heterocycles. The number of benzene rings is 1. The number of ether oxygens (including phenoxy) is 1. The molecule has 0 bridgehead atoms. The second-order valence-electron chi connectivity index (χ2n) is 5.34. The number of nitrogens with zero attached hydrogens (tertiary/aromatic N) is 1. The van der Waals surface area contributed by atoms with Gasteiger partial charge in [0.15, 0.2) is 0 Å². The van der Waals surface area contributed by atoms with E-state index in [0.29, 0.717) is 16.5 Å². The van der Waals surface area contributed by atoms with Crippen LogP contribution in [0.2, 0.25) is 5.02 Å². The van der Waals surface area contributed by atoms with E-state index in [9.17, 15) is 4.79 Å². The molecule has 0 amide bonds. The molecule has 1 aromatic rings. The molecule has 1 aliphatic rings. The average Bonchev–Trinajstić information content (AvgIpc) is 2.45. The highest BCUT2D eigenvalue weighted by Crippen LogP contribution is 2.22. The summed E-state index contributed by atoms with van der Waals surface area (Å²) in [6, 6.07) is 5.37. The summed E-state index contributed by atoms with van der Waals surface area (Å²) in [6.45, 7) is 3.21. The molecule has 2 rings (SSSR count). The Morgan fingerprint density at radius 3 is 3.05 bits per heavy atom. The van der Waals surface area contributed by atoms with Crippen molar-refractivity contribution in [2.45, 2.75) is 12.8 Å². The molecule has 1 atom stereocenters. The molecule has 0 spiro atoms. The Kier molecular flexibility index (Phi) is 5.26. The van der Waals surface area contributed by atoms with Crippen LogP contribution in [0, 0.1) is 5.92 Å². The number of anilines is 1. The first kappa shape index (κ1) is 15.1. The van der Waals surface area contributed by atoms with Crippen molar-refractivity contribution in [1.29, 1.82) is 0 Å². The van der Waals surface area contributed by atoms with Crippen LogP contribution in [0.5, 0.6) is 0 Å². The van der Waals surface area contributed by atoms with E-state index in [0.717, 1.165) is 18.8 Å². The highest BCUT2D eigenvalue weighted by molar-refractivity contribution is 6.33. The van der Waals surface area contributed by atoms with Crippen molar-refractivity contribution in [3.63, 3.8) is 0 Å². The van der Waals surface area contributed by atoms with Gasteiger partial charge in [0.2, 0.25) is 0 Å². The van der Waals surface area contributed by atoms with Gasteiger partial charge >= 0.3 is 5.97 Å². The first-order chi connectivity index (χ1) is 9.60. The van der Waals surface area contributed by atoms with E-state index in [1.165, 1.54) is 26.5 Å². The molecule has 0 aliphatic carbocycles. The number of halogens is 1. The summed E-state index contributed by atoms with van der Waals surface area (Å²) >= 11 is 6.00. The maximum Gasteiger partial charge on any atom is 0.339 e. The lowest BCUT2D eigenvalue weighted by Gasteiger charge is -2.30. The fourth-order valence-electron chi connectivity index (χ4n) is 2.60. The van der Waals surface area contributed by atoms with E-state index < -0.39 is 5.97 Å². The molecule has 1 N–H and O–H groups in total. The number of hydrogen-bond acceptors (Lipinski definition) is 4. The van der Waals surface area contributed by atoms with E-state index in [4.69, 9.17) is 16.3 Å². The van der Waals surface area contributed by atoms with Gasteiger partial charge in [-0.2, -0.15) is 0 Å². The zero-order valence-electron chi connectivity index (χ0n) is 12.0. The van der Waals surface area contributed by atoms with E-state index in [-0.39, 0.29) is 0 Å². The van der Waals surface area contributed by atoms with Crippen molar-refractivity contribution in [3.05, 3.63) is 28.8 Å². The molecule has 1 fully saturated rings. The number of methoxy groups -OCH3 is 1. The predicted molar refractivity (Wildman–Crippen MR) is 81.5 cm³/mol. The summed E-state index contributed by atoms with van der Waals surface area (Å²) < 4.78 is 4.72. The number of carbonyl (C=O) groups is 1. The Morgan fingerprint density at radius 2 is 2.35 bits per heavy atom. The van der Waals surface area contributed by atoms with Crippen LogP contribution < -0.4 is 5.32 Å². The minimum atomic E-state index is -0.406. The zero-order chi connectivity index (χ0) is 14.5. The van der Waals surface area contributed by atoms with Gasteiger partial charge in [-0.3, -0.25) is 0 Å². The largest absolute Gasteiger partial charge is 0.465 e. The van der Waals surface area contributed by atoms with E-state index in [2.05, 4.69) is 17.3 Å². The number of hydrogen-bond donors (Lipinski definition) is 1. The molecule has 110 valence electrons. The monoisotopic (exact) mass is 296 g/mol. The molecule has 0 saturated carbocycles. The first-order valence-electron chi connectivity index (χ1n) is 6.90. The van der Waals surface area contributed by atoms with Crippen LogP contribution >= 0.6 is 11.6 Å². The SMILES string of the molecule is COC(=O)c1cc(NCC2CCCN(C)C2)ccc1Cl. The molecule has 20 heavy (non-hydrogen) atoms.